The fourth-order valence-corrected chi connectivity index (χ4v) is 2.89. The monoisotopic (exact) mass is 335 g/mol. The van der Waals surface area contributed by atoms with E-state index in [0.717, 1.165) is 6.07 Å². The zero-order chi connectivity index (χ0) is 16.0. The van der Waals surface area contributed by atoms with Crippen LogP contribution in [0.1, 0.15) is 20.8 Å². The van der Waals surface area contributed by atoms with Crippen LogP contribution in [0.25, 0.3) is 11.4 Å². The molecule has 1 aromatic heterocycles. The number of hydrogen-bond donors (Lipinski definition) is 0. The maximum atomic E-state index is 13.9. The molecular formula is C12H12ClF2N3O2S. The van der Waals surface area contributed by atoms with Gasteiger partial charge in [-0.15, -0.1) is 10.2 Å². The molecule has 0 fully saturated rings. The number of halogens is 3. The molecule has 2 rings (SSSR count). The summed E-state index contributed by atoms with van der Waals surface area (Å²) in [5.41, 5.74) is -0.845. The molecule has 0 atom stereocenters. The van der Waals surface area contributed by atoms with E-state index < -0.39 is 31.4 Å². The van der Waals surface area contributed by atoms with E-state index in [1.165, 1.54) is 10.6 Å². The molecule has 0 unspecified atom stereocenters. The standard InChI is InChI=1S/C12H12ClF2N3O2S/c1-12(2,3)18-10(16-17-11(18)21(13,19)20)8-5-4-7(14)6-9(8)15/h4-6H,1-3H3. The van der Waals surface area contributed by atoms with Crippen molar-refractivity contribution in [3.63, 3.8) is 0 Å². The molecule has 0 aliphatic carbocycles. The minimum absolute atomic E-state index is 0.0424. The molecule has 0 saturated carbocycles. The Balaban J connectivity index is 2.80. The van der Waals surface area contributed by atoms with Gasteiger partial charge in [0.2, 0.25) is 0 Å². The molecule has 0 amide bonds. The Hall–Kier alpha value is -1.54. The highest BCUT2D eigenvalue weighted by Crippen LogP contribution is 2.30. The van der Waals surface area contributed by atoms with Crippen LogP contribution in [0.15, 0.2) is 23.4 Å². The highest BCUT2D eigenvalue weighted by Gasteiger charge is 2.31. The lowest BCUT2D eigenvalue weighted by molar-refractivity contribution is 0.366. The topological polar surface area (TPSA) is 64.8 Å². The summed E-state index contributed by atoms with van der Waals surface area (Å²) in [6.45, 7) is 5.06. The van der Waals surface area contributed by atoms with Crippen LogP contribution in [0.4, 0.5) is 8.78 Å². The first-order valence-electron chi connectivity index (χ1n) is 5.88. The molecular weight excluding hydrogens is 324 g/mol. The van der Waals surface area contributed by atoms with E-state index in [2.05, 4.69) is 10.2 Å². The number of nitrogens with zero attached hydrogens (tertiary/aromatic N) is 3. The van der Waals surface area contributed by atoms with Gasteiger partial charge in [-0.05, 0) is 32.9 Å². The van der Waals surface area contributed by atoms with Crippen molar-refractivity contribution in [2.24, 2.45) is 0 Å². The van der Waals surface area contributed by atoms with Gasteiger partial charge in [-0.2, -0.15) is 0 Å². The van der Waals surface area contributed by atoms with Crippen LogP contribution in [-0.2, 0) is 14.6 Å². The number of aromatic nitrogens is 3. The molecule has 2 aromatic rings. The van der Waals surface area contributed by atoms with Crippen molar-refractivity contribution < 1.29 is 17.2 Å². The third-order valence-electron chi connectivity index (χ3n) is 2.69. The van der Waals surface area contributed by atoms with Crippen molar-refractivity contribution in [1.29, 1.82) is 0 Å². The van der Waals surface area contributed by atoms with Crippen molar-refractivity contribution >= 4 is 19.7 Å². The SMILES string of the molecule is CC(C)(C)n1c(-c2ccc(F)cc2F)nnc1S(=O)(=O)Cl. The van der Waals surface area contributed by atoms with Gasteiger partial charge in [-0.3, -0.25) is 4.57 Å². The van der Waals surface area contributed by atoms with Gasteiger partial charge in [0.25, 0.3) is 14.2 Å². The second kappa shape index (κ2) is 5.03. The minimum Gasteiger partial charge on any atom is -0.291 e. The Morgan fingerprint density at radius 1 is 1.19 bits per heavy atom. The first kappa shape index (κ1) is 15.8. The average Bonchev–Trinajstić information content (AvgIpc) is 2.72. The molecule has 0 radical (unpaired) electrons. The lowest BCUT2D eigenvalue weighted by Gasteiger charge is -2.24. The smallest absolute Gasteiger partial charge is 0.291 e. The fraction of sp³-hybridized carbons (Fsp3) is 0.333. The van der Waals surface area contributed by atoms with E-state index in [1.54, 1.807) is 20.8 Å². The third kappa shape index (κ3) is 3.06. The van der Waals surface area contributed by atoms with Crippen molar-refractivity contribution in [3.05, 3.63) is 29.8 Å². The van der Waals surface area contributed by atoms with E-state index in [9.17, 15) is 17.2 Å². The largest absolute Gasteiger partial charge is 0.296 e. The fourth-order valence-electron chi connectivity index (χ4n) is 1.88. The molecule has 114 valence electrons. The molecule has 0 bridgehead atoms. The second-order valence-corrected chi connectivity index (χ2v) is 7.83. The lowest BCUT2D eigenvalue weighted by atomic mass is 10.1. The zero-order valence-corrected chi connectivity index (χ0v) is 13.0. The van der Waals surface area contributed by atoms with Gasteiger partial charge in [-0.25, -0.2) is 17.2 Å². The zero-order valence-electron chi connectivity index (χ0n) is 11.4. The van der Waals surface area contributed by atoms with Crippen LogP contribution in [0.5, 0.6) is 0 Å². The Morgan fingerprint density at radius 2 is 1.81 bits per heavy atom. The molecule has 21 heavy (non-hydrogen) atoms. The summed E-state index contributed by atoms with van der Waals surface area (Å²) in [5.74, 6) is -1.66. The predicted molar refractivity (Wildman–Crippen MR) is 73.4 cm³/mol. The molecule has 0 aliphatic heterocycles. The van der Waals surface area contributed by atoms with Gasteiger partial charge in [0, 0.05) is 22.3 Å². The summed E-state index contributed by atoms with van der Waals surface area (Å²) in [6.07, 6.45) is 0. The molecule has 9 heteroatoms. The van der Waals surface area contributed by atoms with Gasteiger partial charge >= 0.3 is 0 Å². The van der Waals surface area contributed by atoms with Crippen LogP contribution in [-0.4, -0.2) is 23.2 Å². The summed E-state index contributed by atoms with van der Waals surface area (Å²) < 4.78 is 51.2. The molecule has 0 spiro atoms. The Kier molecular flexibility index (Phi) is 3.79. The van der Waals surface area contributed by atoms with Crippen molar-refractivity contribution in [3.8, 4) is 11.4 Å². The predicted octanol–water partition coefficient (Wildman–Crippen LogP) is 2.91. The molecule has 0 aliphatic rings. The van der Waals surface area contributed by atoms with Crippen molar-refractivity contribution in [1.82, 2.24) is 14.8 Å². The minimum atomic E-state index is -4.16. The maximum Gasteiger partial charge on any atom is 0.296 e. The highest BCUT2D eigenvalue weighted by atomic mass is 35.7. The summed E-state index contributed by atoms with van der Waals surface area (Å²) in [5, 5.41) is 6.73. The van der Waals surface area contributed by atoms with Crippen LogP contribution in [0.2, 0.25) is 0 Å². The molecule has 1 heterocycles. The first-order valence-corrected chi connectivity index (χ1v) is 8.19. The Labute approximate surface area is 125 Å². The summed E-state index contributed by atoms with van der Waals surface area (Å²) >= 11 is 0. The molecule has 0 N–H and O–H groups in total. The highest BCUT2D eigenvalue weighted by molar-refractivity contribution is 8.13. The quantitative estimate of drug-likeness (QED) is 0.791. The Morgan fingerprint density at radius 3 is 2.29 bits per heavy atom. The average molecular weight is 336 g/mol. The van der Waals surface area contributed by atoms with E-state index in [1.807, 2.05) is 0 Å². The summed E-state index contributed by atoms with van der Waals surface area (Å²) in [7, 11) is 1.17. The third-order valence-corrected chi connectivity index (χ3v) is 3.81. The normalized spacial score (nSPS) is 12.7. The summed E-state index contributed by atoms with van der Waals surface area (Å²) in [6, 6.07) is 2.91. The Bertz CT molecular complexity index is 797. The number of benzene rings is 1. The molecule has 1 aromatic carbocycles. The number of hydrogen-bond acceptors (Lipinski definition) is 4. The molecule has 0 saturated heterocycles. The van der Waals surface area contributed by atoms with Gasteiger partial charge < -0.3 is 0 Å². The van der Waals surface area contributed by atoms with Crippen molar-refractivity contribution in [2.75, 3.05) is 0 Å². The van der Waals surface area contributed by atoms with Gasteiger partial charge in [0.15, 0.2) is 5.82 Å². The van der Waals surface area contributed by atoms with Crippen LogP contribution >= 0.6 is 10.7 Å². The lowest BCUT2D eigenvalue weighted by Crippen LogP contribution is -2.26. The van der Waals surface area contributed by atoms with Crippen LogP contribution in [0, 0.1) is 11.6 Å². The van der Waals surface area contributed by atoms with E-state index in [0.29, 0.717) is 6.07 Å². The van der Waals surface area contributed by atoms with E-state index in [4.69, 9.17) is 10.7 Å². The number of rotatable bonds is 2. The van der Waals surface area contributed by atoms with Gasteiger partial charge in [-0.1, -0.05) is 0 Å². The van der Waals surface area contributed by atoms with Gasteiger partial charge in [0.05, 0.1) is 5.56 Å². The van der Waals surface area contributed by atoms with Gasteiger partial charge in [0.1, 0.15) is 11.6 Å². The second-order valence-electron chi connectivity index (χ2n) is 5.37. The van der Waals surface area contributed by atoms with E-state index >= 15 is 0 Å². The summed E-state index contributed by atoms with van der Waals surface area (Å²) in [4.78, 5) is 0. The molecule has 5 nitrogen and oxygen atoms in total. The van der Waals surface area contributed by atoms with E-state index in [-0.39, 0.29) is 11.4 Å². The first-order chi connectivity index (χ1) is 9.51. The van der Waals surface area contributed by atoms with Crippen molar-refractivity contribution in [2.45, 2.75) is 31.5 Å². The van der Waals surface area contributed by atoms with Crippen LogP contribution < -0.4 is 0 Å². The van der Waals surface area contributed by atoms with Crippen LogP contribution in [0.3, 0.4) is 0 Å². The maximum absolute atomic E-state index is 13.9.